The highest BCUT2D eigenvalue weighted by Gasteiger charge is 2.23. The molecule has 0 spiro atoms. The molecule has 0 unspecified atom stereocenters. The first-order chi connectivity index (χ1) is 8.25. The normalized spacial score (nSPS) is 21.4. The molecular weight excluding hydrogens is 234 g/mol. The Morgan fingerprint density at radius 3 is 3.24 bits per heavy atom. The fourth-order valence-electron chi connectivity index (χ4n) is 2.11. The Hall–Kier alpha value is -0.870. The molecule has 17 heavy (non-hydrogen) atoms. The van der Waals surface area contributed by atoms with E-state index >= 15 is 0 Å². The quantitative estimate of drug-likeness (QED) is 0.875. The Morgan fingerprint density at radius 2 is 2.59 bits per heavy atom. The van der Waals surface area contributed by atoms with Gasteiger partial charge in [-0.2, -0.15) is 0 Å². The molecule has 1 fully saturated rings. The minimum atomic E-state index is 0.126. The molecule has 1 amide bonds. The summed E-state index contributed by atoms with van der Waals surface area (Å²) in [4.78, 5) is 13.0. The van der Waals surface area contributed by atoms with Crippen molar-refractivity contribution in [2.75, 3.05) is 6.61 Å². The van der Waals surface area contributed by atoms with Gasteiger partial charge < -0.3 is 10.1 Å². The number of nitrogens with one attached hydrogen (secondary N) is 1. The third-order valence-electron chi connectivity index (χ3n) is 3.09. The lowest BCUT2D eigenvalue weighted by molar-refractivity contribution is -0.122. The highest BCUT2D eigenvalue weighted by molar-refractivity contribution is 7.09. The molecule has 1 N–H and O–H groups in total. The Kier molecular flexibility index (Phi) is 4.57. The first kappa shape index (κ1) is 12.6. The molecule has 2 heterocycles. The van der Waals surface area contributed by atoms with Gasteiger partial charge in [0.1, 0.15) is 0 Å². The SMILES string of the molecule is C[C@@H](NC(=O)CCc1cccs1)[C@H]1CCCO1. The zero-order valence-electron chi connectivity index (χ0n) is 10.1. The van der Waals surface area contributed by atoms with E-state index in [1.807, 2.05) is 18.4 Å². The molecule has 0 radical (unpaired) electrons. The van der Waals surface area contributed by atoms with E-state index < -0.39 is 0 Å². The number of amides is 1. The summed E-state index contributed by atoms with van der Waals surface area (Å²) < 4.78 is 5.55. The zero-order valence-corrected chi connectivity index (χ0v) is 11.0. The van der Waals surface area contributed by atoms with Crippen LogP contribution in [0.5, 0.6) is 0 Å². The van der Waals surface area contributed by atoms with E-state index in [-0.39, 0.29) is 18.1 Å². The average Bonchev–Trinajstić information content (AvgIpc) is 2.99. The van der Waals surface area contributed by atoms with Crippen molar-refractivity contribution in [2.24, 2.45) is 0 Å². The lowest BCUT2D eigenvalue weighted by Crippen LogP contribution is -2.40. The molecule has 4 heteroatoms. The van der Waals surface area contributed by atoms with Gasteiger partial charge in [0.05, 0.1) is 12.1 Å². The van der Waals surface area contributed by atoms with Crippen molar-refractivity contribution >= 4 is 17.2 Å². The number of hydrogen-bond acceptors (Lipinski definition) is 3. The number of carbonyl (C=O) groups is 1. The van der Waals surface area contributed by atoms with Crippen molar-refractivity contribution in [3.8, 4) is 0 Å². The largest absolute Gasteiger partial charge is 0.376 e. The lowest BCUT2D eigenvalue weighted by atomic mass is 10.1. The van der Waals surface area contributed by atoms with Gasteiger partial charge in [-0.1, -0.05) is 6.07 Å². The van der Waals surface area contributed by atoms with Crippen LogP contribution in [0.3, 0.4) is 0 Å². The standard InChI is InChI=1S/C13H19NO2S/c1-10(12-5-2-8-16-12)14-13(15)7-6-11-4-3-9-17-11/h3-4,9-10,12H,2,5-8H2,1H3,(H,14,15)/t10-,12-/m1/s1. The average molecular weight is 253 g/mol. The van der Waals surface area contributed by atoms with Crippen LogP contribution in [0.2, 0.25) is 0 Å². The van der Waals surface area contributed by atoms with Crippen LogP contribution in [0.4, 0.5) is 0 Å². The van der Waals surface area contributed by atoms with E-state index in [0.29, 0.717) is 6.42 Å². The van der Waals surface area contributed by atoms with Gasteiger partial charge >= 0.3 is 0 Å². The van der Waals surface area contributed by atoms with Crippen molar-refractivity contribution in [2.45, 2.75) is 44.8 Å². The van der Waals surface area contributed by atoms with E-state index in [4.69, 9.17) is 4.74 Å². The maximum absolute atomic E-state index is 11.7. The molecule has 2 rings (SSSR count). The first-order valence-corrected chi connectivity index (χ1v) is 7.07. The molecule has 1 aliphatic rings. The first-order valence-electron chi connectivity index (χ1n) is 6.19. The summed E-state index contributed by atoms with van der Waals surface area (Å²) >= 11 is 1.70. The zero-order chi connectivity index (χ0) is 12.1. The minimum Gasteiger partial charge on any atom is -0.376 e. The van der Waals surface area contributed by atoms with Crippen LogP contribution in [0.15, 0.2) is 17.5 Å². The molecule has 1 aromatic rings. The van der Waals surface area contributed by atoms with E-state index in [0.717, 1.165) is 25.9 Å². The molecule has 1 aliphatic heterocycles. The summed E-state index contributed by atoms with van der Waals surface area (Å²) in [7, 11) is 0. The van der Waals surface area contributed by atoms with Gasteiger partial charge in [0.25, 0.3) is 0 Å². The van der Waals surface area contributed by atoms with Crippen LogP contribution >= 0.6 is 11.3 Å². The smallest absolute Gasteiger partial charge is 0.220 e. The predicted octanol–water partition coefficient (Wildman–Crippen LogP) is 2.36. The maximum atomic E-state index is 11.7. The third kappa shape index (κ3) is 3.82. The molecule has 2 atom stereocenters. The molecular formula is C13H19NO2S. The Labute approximate surface area is 106 Å². The van der Waals surface area contributed by atoms with Crippen LogP contribution in [0, 0.1) is 0 Å². The number of rotatable bonds is 5. The summed E-state index contributed by atoms with van der Waals surface area (Å²) in [6.07, 6.45) is 3.78. The molecule has 0 aliphatic carbocycles. The van der Waals surface area contributed by atoms with Gasteiger partial charge in [-0.15, -0.1) is 11.3 Å². The summed E-state index contributed by atoms with van der Waals surface area (Å²) in [5, 5.41) is 5.07. The Balaban J connectivity index is 1.69. The third-order valence-corrected chi connectivity index (χ3v) is 4.03. The molecule has 1 aromatic heterocycles. The van der Waals surface area contributed by atoms with Gasteiger partial charge in [0.2, 0.25) is 5.91 Å². The maximum Gasteiger partial charge on any atom is 0.220 e. The van der Waals surface area contributed by atoms with Crippen LogP contribution in [-0.4, -0.2) is 24.7 Å². The van der Waals surface area contributed by atoms with Crippen LogP contribution in [-0.2, 0) is 16.0 Å². The van der Waals surface area contributed by atoms with Gasteiger partial charge in [0.15, 0.2) is 0 Å². The predicted molar refractivity (Wildman–Crippen MR) is 69.2 cm³/mol. The highest BCUT2D eigenvalue weighted by atomic mass is 32.1. The summed E-state index contributed by atoms with van der Waals surface area (Å²) in [6, 6.07) is 4.22. The van der Waals surface area contributed by atoms with E-state index in [9.17, 15) is 4.79 Å². The monoisotopic (exact) mass is 253 g/mol. The van der Waals surface area contributed by atoms with Gasteiger partial charge in [-0.3, -0.25) is 4.79 Å². The Morgan fingerprint density at radius 1 is 1.71 bits per heavy atom. The number of ether oxygens (including phenoxy) is 1. The number of hydrogen-bond donors (Lipinski definition) is 1. The van der Waals surface area contributed by atoms with Gasteiger partial charge in [-0.05, 0) is 37.6 Å². The molecule has 1 saturated heterocycles. The van der Waals surface area contributed by atoms with Crippen LogP contribution in [0.25, 0.3) is 0 Å². The van der Waals surface area contributed by atoms with Crippen molar-refractivity contribution in [3.05, 3.63) is 22.4 Å². The van der Waals surface area contributed by atoms with Crippen molar-refractivity contribution in [1.82, 2.24) is 5.32 Å². The van der Waals surface area contributed by atoms with Crippen molar-refractivity contribution in [3.63, 3.8) is 0 Å². The molecule has 94 valence electrons. The molecule has 0 saturated carbocycles. The topological polar surface area (TPSA) is 38.3 Å². The molecule has 0 aromatic carbocycles. The van der Waals surface area contributed by atoms with Crippen molar-refractivity contribution < 1.29 is 9.53 Å². The van der Waals surface area contributed by atoms with E-state index in [2.05, 4.69) is 11.4 Å². The Bertz CT molecular complexity index is 344. The van der Waals surface area contributed by atoms with Gasteiger partial charge in [-0.25, -0.2) is 0 Å². The minimum absolute atomic E-state index is 0.126. The lowest BCUT2D eigenvalue weighted by Gasteiger charge is -2.19. The van der Waals surface area contributed by atoms with E-state index in [1.54, 1.807) is 11.3 Å². The van der Waals surface area contributed by atoms with Crippen molar-refractivity contribution in [1.29, 1.82) is 0 Å². The second-order valence-corrected chi connectivity index (χ2v) is 5.52. The fraction of sp³-hybridized carbons (Fsp3) is 0.615. The summed E-state index contributed by atoms with van der Waals surface area (Å²) in [6.45, 7) is 2.86. The molecule has 0 bridgehead atoms. The summed E-state index contributed by atoms with van der Waals surface area (Å²) in [5.41, 5.74) is 0. The number of thiophene rings is 1. The summed E-state index contributed by atoms with van der Waals surface area (Å²) in [5.74, 6) is 0.126. The fourth-order valence-corrected chi connectivity index (χ4v) is 2.82. The second kappa shape index (κ2) is 6.17. The van der Waals surface area contributed by atoms with E-state index in [1.165, 1.54) is 4.88 Å². The molecule has 3 nitrogen and oxygen atoms in total. The van der Waals surface area contributed by atoms with Crippen LogP contribution in [0.1, 0.15) is 31.1 Å². The van der Waals surface area contributed by atoms with Gasteiger partial charge in [0, 0.05) is 17.9 Å². The number of carbonyl (C=O) groups excluding carboxylic acids is 1. The second-order valence-electron chi connectivity index (χ2n) is 4.49. The van der Waals surface area contributed by atoms with Crippen LogP contribution < -0.4 is 5.32 Å². The number of aryl methyl sites for hydroxylation is 1. The highest BCUT2D eigenvalue weighted by Crippen LogP contribution is 2.16.